The Morgan fingerprint density at radius 1 is 0.969 bits per heavy atom. The number of anilines is 1. The van der Waals surface area contributed by atoms with Crippen LogP contribution in [-0.2, 0) is 10.0 Å². The minimum Gasteiger partial charge on any atom is -0.355 e. The molecule has 0 unspecified atom stereocenters. The number of carbonyl (C=O) groups excluding carboxylic acids is 2. The third-order valence-electron chi connectivity index (χ3n) is 5.34. The zero-order valence-electron chi connectivity index (χ0n) is 19.4. The summed E-state index contributed by atoms with van der Waals surface area (Å²) in [6, 6.07) is 5.96. The van der Waals surface area contributed by atoms with Gasteiger partial charge in [-0.05, 0) is 56.5 Å². The average Bonchev–Trinajstić information content (AvgIpc) is 3.06. The molecule has 176 valence electrons. The van der Waals surface area contributed by atoms with E-state index in [2.05, 4.69) is 10.6 Å². The number of hydrogen-bond acceptors (Lipinski definition) is 5. The molecule has 32 heavy (non-hydrogen) atoms. The maximum Gasteiger partial charge on any atom is 0.256 e. The van der Waals surface area contributed by atoms with Crippen molar-refractivity contribution in [2.45, 2.75) is 58.3 Å². The van der Waals surface area contributed by atoms with E-state index in [1.54, 1.807) is 7.05 Å². The number of amides is 2. The van der Waals surface area contributed by atoms with Crippen molar-refractivity contribution in [3.8, 4) is 0 Å². The van der Waals surface area contributed by atoms with Crippen LogP contribution in [-0.4, -0.2) is 44.7 Å². The molecular weight excluding hydrogens is 446 g/mol. The van der Waals surface area contributed by atoms with E-state index in [1.165, 1.54) is 39.9 Å². The molecule has 0 fully saturated rings. The van der Waals surface area contributed by atoms with Crippen molar-refractivity contribution in [2.24, 2.45) is 0 Å². The van der Waals surface area contributed by atoms with Crippen molar-refractivity contribution in [1.82, 2.24) is 9.62 Å². The van der Waals surface area contributed by atoms with Gasteiger partial charge in [0, 0.05) is 30.6 Å². The highest BCUT2D eigenvalue weighted by atomic mass is 32.2. The zero-order valence-corrected chi connectivity index (χ0v) is 21.1. The molecule has 0 bridgehead atoms. The summed E-state index contributed by atoms with van der Waals surface area (Å²) in [5.74, 6) is -0.656. The number of carbonyl (C=O) groups is 2. The van der Waals surface area contributed by atoms with Crippen LogP contribution in [0, 0.1) is 13.8 Å². The number of sulfonamides is 1. The highest BCUT2D eigenvalue weighted by Crippen LogP contribution is 2.32. The highest BCUT2D eigenvalue weighted by Gasteiger charge is 2.24. The van der Waals surface area contributed by atoms with E-state index < -0.39 is 15.9 Å². The van der Waals surface area contributed by atoms with E-state index in [9.17, 15) is 18.0 Å². The van der Waals surface area contributed by atoms with Gasteiger partial charge in [0.1, 0.15) is 5.00 Å². The van der Waals surface area contributed by atoms with Crippen molar-refractivity contribution in [1.29, 1.82) is 0 Å². The van der Waals surface area contributed by atoms with Crippen LogP contribution in [0.25, 0.3) is 0 Å². The minimum absolute atomic E-state index is 0.176. The molecule has 0 saturated heterocycles. The second kappa shape index (κ2) is 11.6. The fourth-order valence-corrected chi connectivity index (χ4v) is 5.81. The largest absolute Gasteiger partial charge is 0.355 e. The molecule has 2 N–H and O–H groups in total. The lowest BCUT2D eigenvalue weighted by Crippen LogP contribution is -2.33. The average molecular weight is 480 g/mol. The van der Waals surface area contributed by atoms with E-state index in [0.717, 1.165) is 36.1 Å². The predicted octanol–water partition coefficient (Wildman–Crippen LogP) is 4.57. The topological polar surface area (TPSA) is 95.6 Å². The molecule has 1 heterocycles. The van der Waals surface area contributed by atoms with Gasteiger partial charge >= 0.3 is 0 Å². The molecule has 7 nitrogen and oxygen atoms in total. The number of hydrogen-bond donors (Lipinski definition) is 2. The number of aryl methyl sites for hydroxylation is 1. The van der Waals surface area contributed by atoms with Crippen LogP contribution in [0.3, 0.4) is 0 Å². The lowest BCUT2D eigenvalue weighted by Gasteiger charge is -2.22. The van der Waals surface area contributed by atoms with E-state index in [4.69, 9.17) is 0 Å². The lowest BCUT2D eigenvalue weighted by molar-refractivity contribution is 0.0963. The fourth-order valence-electron chi connectivity index (χ4n) is 3.24. The van der Waals surface area contributed by atoms with Crippen LogP contribution in [0.4, 0.5) is 5.00 Å². The molecule has 1 aromatic carbocycles. The smallest absolute Gasteiger partial charge is 0.256 e. The Morgan fingerprint density at radius 2 is 1.53 bits per heavy atom. The Hall–Kier alpha value is -2.23. The molecule has 2 amide bonds. The van der Waals surface area contributed by atoms with Gasteiger partial charge in [0.2, 0.25) is 10.0 Å². The summed E-state index contributed by atoms with van der Waals surface area (Å²) in [5.41, 5.74) is 1.60. The van der Waals surface area contributed by atoms with Crippen LogP contribution >= 0.6 is 11.3 Å². The zero-order chi connectivity index (χ0) is 23.9. The standard InChI is InChI=1S/C23H33N3O4S2/c1-6-8-14-26(15-9-7-2)32(29,30)19-12-10-18(11-13-19)21(27)25-23-20(22(28)24-5)16(3)17(4)31-23/h10-13H,6-9,14-15H2,1-5H3,(H,24,28)(H,25,27). The molecule has 2 aromatic rings. The Morgan fingerprint density at radius 3 is 2.03 bits per heavy atom. The summed E-state index contributed by atoms with van der Waals surface area (Å²) < 4.78 is 27.7. The van der Waals surface area contributed by atoms with Crippen molar-refractivity contribution < 1.29 is 18.0 Å². The van der Waals surface area contributed by atoms with Gasteiger partial charge in [-0.2, -0.15) is 4.31 Å². The summed E-state index contributed by atoms with van der Waals surface area (Å²) in [5, 5.41) is 5.87. The van der Waals surface area contributed by atoms with E-state index >= 15 is 0 Å². The van der Waals surface area contributed by atoms with Gasteiger partial charge in [0.15, 0.2) is 0 Å². The molecule has 0 atom stereocenters. The number of nitrogens with zero attached hydrogens (tertiary/aromatic N) is 1. The third kappa shape index (κ3) is 5.96. The van der Waals surface area contributed by atoms with E-state index in [1.807, 2.05) is 27.7 Å². The third-order valence-corrected chi connectivity index (χ3v) is 8.38. The first-order chi connectivity index (χ1) is 15.2. The first-order valence-corrected chi connectivity index (χ1v) is 13.2. The lowest BCUT2D eigenvalue weighted by atomic mass is 10.1. The fraction of sp³-hybridized carbons (Fsp3) is 0.478. The van der Waals surface area contributed by atoms with Gasteiger partial charge in [0.05, 0.1) is 10.5 Å². The van der Waals surface area contributed by atoms with Crippen molar-refractivity contribution in [2.75, 3.05) is 25.5 Å². The first kappa shape index (κ1) is 26.0. The highest BCUT2D eigenvalue weighted by molar-refractivity contribution is 7.89. The van der Waals surface area contributed by atoms with Gasteiger partial charge in [0.25, 0.3) is 11.8 Å². The molecule has 1 aromatic heterocycles. The quantitative estimate of drug-likeness (QED) is 0.494. The second-order valence-corrected chi connectivity index (χ2v) is 10.8. The summed E-state index contributed by atoms with van der Waals surface area (Å²) in [4.78, 5) is 26.1. The van der Waals surface area contributed by atoms with Crippen LogP contribution < -0.4 is 10.6 Å². The Labute approximate surface area is 195 Å². The molecule has 0 spiro atoms. The van der Waals surface area contributed by atoms with Crippen molar-refractivity contribution >= 4 is 38.2 Å². The number of unbranched alkanes of at least 4 members (excludes halogenated alkanes) is 2. The molecule has 0 saturated carbocycles. The molecule has 0 aliphatic heterocycles. The van der Waals surface area contributed by atoms with Gasteiger partial charge < -0.3 is 10.6 Å². The normalized spacial score (nSPS) is 11.6. The Kier molecular flexibility index (Phi) is 9.42. The SMILES string of the molecule is CCCCN(CCCC)S(=O)(=O)c1ccc(C(=O)Nc2sc(C)c(C)c2C(=O)NC)cc1. The maximum absolute atomic E-state index is 13.1. The van der Waals surface area contributed by atoms with E-state index in [-0.39, 0.29) is 10.8 Å². The number of benzene rings is 1. The van der Waals surface area contributed by atoms with Crippen molar-refractivity contribution in [3.63, 3.8) is 0 Å². The van der Waals surface area contributed by atoms with Gasteiger partial charge in [-0.15, -0.1) is 11.3 Å². The molecule has 0 radical (unpaired) electrons. The second-order valence-electron chi connectivity index (χ2n) is 7.66. The van der Waals surface area contributed by atoms with Crippen LogP contribution in [0.15, 0.2) is 29.2 Å². The maximum atomic E-state index is 13.1. The number of thiophene rings is 1. The van der Waals surface area contributed by atoms with Crippen LogP contribution in [0.5, 0.6) is 0 Å². The molecular formula is C23H33N3O4S2. The summed E-state index contributed by atoms with van der Waals surface area (Å²) in [6.07, 6.45) is 3.43. The molecule has 9 heteroatoms. The molecule has 2 rings (SSSR count). The Bertz CT molecular complexity index is 1040. The van der Waals surface area contributed by atoms with E-state index in [0.29, 0.717) is 29.2 Å². The van der Waals surface area contributed by atoms with Gasteiger partial charge in [-0.25, -0.2) is 8.42 Å². The predicted molar refractivity (Wildman–Crippen MR) is 130 cm³/mol. The summed E-state index contributed by atoms with van der Waals surface area (Å²) in [6.45, 7) is 8.77. The monoisotopic (exact) mass is 479 g/mol. The van der Waals surface area contributed by atoms with Crippen molar-refractivity contribution in [3.05, 3.63) is 45.8 Å². The molecule has 0 aliphatic rings. The molecule has 0 aliphatic carbocycles. The number of rotatable bonds is 11. The van der Waals surface area contributed by atoms with Gasteiger partial charge in [-0.1, -0.05) is 26.7 Å². The first-order valence-electron chi connectivity index (χ1n) is 10.9. The van der Waals surface area contributed by atoms with Crippen LogP contribution in [0.1, 0.15) is 70.7 Å². The summed E-state index contributed by atoms with van der Waals surface area (Å²) >= 11 is 1.34. The number of nitrogens with one attached hydrogen (secondary N) is 2. The summed E-state index contributed by atoms with van der Waals surface area (Å²) in [7, 11) is -2.07. The van der Waals surface area contributed by atoms with Gasteiger partial charge in [-0.3, -0.25) is 9.59 Å². The van der Waals surface area contributed by atoms with Crippen LogP contribution in [0.2, 0.25) is 0 Å². The minimum atomic E-state index is -3.62. The Balaban J connectivity index is 2.24.